The second kappa shape index (κ2) is 6.23. The Morgan fingerprint density at radius 3 is 2.84 bits per heavy atom. The van der Waals surface area contributed by atoms with Gasteiger partial charge in [0.15, 0.2) is 0 Å². The molecule has 2 heterocycles. The average molecular weight is 267 g/mol. The van der Waals surface area contributed by atoms with E-state index < -0.39 is 0 Å². The Morgan fingerprint density at radius 2 is 2.21 bits per heavy atom. The Kier molecular flexibility index (Phi) is 4.85. The largest absolute Gasteiger partial charge is 0.355 e. The van der Waals surface area contributed by atoms with Crippen LogP contribution in [0.5, 0.6) is 0 Å². The average Bonchev–Trinajstić information content (AvgIpc) is 2.90. The molecule has 2 unspecified atom stereocenters. The quantitative estimate of drug-likeness (QED) is 0.801. The zero-order valence-corrected chi connectivity index (χ0v) is 12.7. The predicted molar refractivity (Wildman–Crippen MR) is 78.0 cm³/mol. The van der Waals surface area contributed by atoms with E-state index in [0.29, 0.717) is 5.92 Å². The lowest BCUT2D eigenvalue weighted by Gasteiger charge is -2.40. The fourth-order valence-electron chi connectivity index (χ4n) is 3.29. The number of hydrogen-bond acceptors (Lipinski definition) is 3. The molecule has 2 saturated heterocycles. The molecule has 110 valence electrons. The Balaban J connectivity index is 1.80. The maximum Gasteiger partial charge on any atom is 0.224 e. The molecule has 2 rings (SSSR count). The number of nitrogens with one attached hydrogen (secondary N) is 2. The van der Waals surface area contributed by atoms with Gasteiger partial charge in [-0.3, -0.25) is 4.79 Å². The highest BCUT2D eigenvalue weighted by molar-refractivity contribution is 5.79. The number of rotatable bonds is 4. The molecule has 0 spiro atoms. The summed E-state index contributed by atoms with van der Waals surface area (Å²) < 4.78 is 0. The lowest BCUT2D eigenvalue weighted by molar-refractivity contribution is -0.125. The van der Waals surface area contributed by atoms with E-state index in [1.807, 2.05) is 0 Å². The van der Waals surface area contributed by atoms with Crippen molar-refractivity contribution in [2.45, 2.75) is 33.1 Å². The highest BCUT2D eigenvalue weighted by Gasteiger charge is 2.33. The summed E-state index contributed by atoms with van der Waals surface area (Å²) in [5.41, 5.74) is 0.191. The first-order valence-electron chi connectivity index (χ1n) is 7.66. The fourth-order valence-corrected chi connectivity index (χ4v) is 3.29. The third-order valence-electron chi connectivity index (χ3n) is 4.88. The SMILES string of the molecule is CN1CCCC(C(C)(C)CNC(=O)C2CCNC2)C1. The standard InChI is InChI=1S/C15H29N3O/c1-15(2,13-5-4-8-18(3)10-13)11-17-14(19)12-6-7-16-9-12/h12-13,16H,4-11H2,1-3H3,(H,17,19). The fraction of sp³-hybridized carbons (Fsp3) is 0.933. The van der Waals surface area contributed by atoms with Gasteiger partial charge in [-0.25, -0.2) is 0 Å². The van der Waals surface area contributed by atoms with Gasteiger partial charge in [0.05, 0.1) is 5.92 Å². The molecular weight excluding hydrogens is 238 g/mol. The maximum absolute atomic E-state index is 12.1. The summed E-state index contributed by atoms with van der Waals surface area (Å²) in [6.45, 7) is 9.60. The third kappa shape index (κ3) is 3.93. The van der Waals surface area contributed by atoms with Gasteiger partial charge >= 0.3 is 0 Å². The van der Waals surface area contributed by atoms with E-state index in [-0.39, 0.29) is 17.2 Å². The molecule has 2 fully saturated rings. The Morgan fingerprint density at radius 1 is 1.42 bits per heavy atom. The van der Waals surface area contributed by atoms with E-state index in [0.717, 1.165) is 32.6 Å². The molecule has 2 aliphatic heterocycles. The van der Waals surface area contributed by atoms with Crippen LogP contribution in [-0.4, -0.2) is 50.6 Å². The van der Waals surface area contributed by atoms with E-state index in [2.05, 4.69) is 36.4 Å². The molecule has 0 saturated carbocycles. The van der Waals surface area contributed by atoms with Crippen molar-refractivity contribution in [1.29, 1.82) is 0 Å². The van der Waals surface area contributed by atoms with Gasteiger partial charge in [0, 0.05) is 19.6 Å². The van der Waals surface area contributed by atoms with Gasteiger partial charge in [-0.05, 0) is 50.7 Å². The molecular formula is C15H29N3O. The highest BCUT2D eigenvalue weighted by Crippen LogP contribution is 2.33. The van der Waals surface area contributed by atoms with Crippen molar-refractivity contribution in [3.05, 3.63) is 0 Å². The van der Waals surface area contributed by atoms with Crippen molar-refractivity contribution in [2.75, 3.05) is 39.8 Å². The molecule has 2 atom stereocenters. The number of piperidine rings is 1. The van der Waals surface area contributed by atoms with Gasteiger partial charge in [-0.2, -0.15) is 0 Å². The van der Waals surface area contributed by atoms with Crippen LogP contribution in [-0.2, 0) is 4.79 Å². The van der Waals surface area contributed by atoms with Gasteiger partial charge in [0.25, 0.3) is 0 Å². The van der Waals surface area contributed by atoms with Gasteiger partial charge in [-0.1, -0.05) is 13.8 Å². The van der Waals surface area contributed by atoms with E-state index >= 15 is 0 Å². The first-order chi connectivity index (χ1) is 8.99. The second-order valence-electron chi connectivity index (χ2n) is 7.00. The van der Waals surface area contributed by atoms with Crippen molar-refractivity contribution in [3.8, 4) is 0 Å². The highest BCUT2D eigenvalue weighted by atomic mass is 16.1. The molecule has 0 aliphatic carbocycles. The lowest BCUT2D eigenvalue weighted by Crippen LogP contribution is -2.46. The minimum atomic E-state index is 0.185. The third-order valence-corrected chi connectivity index (χ3v) is 4.88. The minimum absolute atomic E-state index is 0.185. The first kappa shape index (κ1) is 14.8. The molecule has 4 heteroatoms. The molecule has 0 aromatic heterocycles. The number of likely N-dealkylation sites (tertiary alicyclic amines) is 1. The topological polar surface area (TPSA) is 44.4 Å². The van der Waals surface area contributed by atoms with Crippen LogP contribution < -0.4 is 10.6 Å². The summed E-state index contributed by atoms with van der Waals surface area (Å²) in [6, 6.07) is 0. The van der Waals surface area contributed by atoms with Gasteiger partial charge < -0.3 is 15.5 Å². The zero-order valence-electron chi connectivity index (χ0n) is 12.7. The van der Waals surface area contributed by atoms with Crippen molar-refractivity contribution < 1.29 is 4.79 Å². The lowest BCUT2D eigenvalue weighted by atomic mass is 9.74. The van der Waals surface area contributed by atoms with Crippen LogP contribution in [0.1, 0.15) is 33.1 Å². The second-order valence-corrected chi connectivity index (χ2v) is 7.00. The van der Waals surface area contributed by atoms with Crippen molar-refractivity contribution in [3.63, 3.8) is 0 Å². The first-order valence-corrected chi connectivity index (χ1v) is 7.66. The Hall–Kier alpha value is -0.610. The number of carbonyl (C=O) groups excluding carboxylic acids is 1. The summed E-state index contributed by atoms with van der Waals surface area (Å²) >= 11 is 0. The molecule has 0 bridgehead atoms. The summed E-state index contributed by atoms with van der Waals surface area (Å²) in [4.78, 5) is 14.5. The number of amides is 1. The number of nitrogens with zero attached hydrogens (tertiary/aromatic N) is 1. The van der Waals surface area contributed by atoms with Crippen molar-refractivity contribution in [1.82, 2.24) is 15.5 Å². The summed E-state index contributed by atoms with van der Waals surface area (Å²) in [5.74, 6) is 1.11. The van der Waals surface area contributed by atoms with Gasteiger partial charge in [0.1, 0.15) is 0 Å². The molecule has 2 aliphatic rings. The predicted octanol–water partition coefficient (Wildman–Crippen LogP) is 1.08. The Labute approximate surface area is 117 Å². The van der Waals surface area contributed by atoms with Crippen molar-refractivity contribution >= 4 is 5.91 Å². The van der Waals surface area contributed by atoms with E-state index in [1.54, 1.807) is 0 Å². The Bertz CT molecular complexity index is 311. The molecule has 19 heavy (non-hydrogen) atoms. The number of carbonyl (C=O) groups is 1. The van der Waals surface area contributed by atoms with Crippen LogP contribution in [0, 0.1) is 17.3 Å². The van der Waals surface area contributed by atoms with E-state index in [9.17, 15) is 4.79 Å². The molecule has 1 amide bonds. The monoisotopic (exact) mass is 267 g/mol. The summed E-state index contributed by atoms with van der Waals surface area (Å²) in [6.07, 6.45) is 3.56. The van der Waals surface area contributed by atoms with Gasteiger partial charge in [-0.15, -0.1) is 0 Å². The smallest absolute Gasteiger partial charge is 0.224 e. The van der Waals surface area contributed by atoms with E-state index in [1.165, 1.54) is 19.4 Å². The normalized spacial score (nSPS) is 29.4. The van der Waals surface area contributed by atoms with E-state index in [4.69, 9.17) is 0 Å². The van der Waals surface area contributed by atoms with Crippen molar-refractivity contribution in [2.24, 2.45) is 17.3 Å². The molecule has 0 radical (unpaired) electrons. The molecule has 4 nitrogen and oxygen atoms in total. The molecule has 2 N–H and O–H groups in total. The number of hydrogen-bond donors (Lipinski definition) is 2. The molecule has 0 aromatic carbocycles. The summed E-state index contributed by atoms with van der Waals surface area (Å²) in [5, 5.41) is 6.43. The summed E-state index contributed by atoms with van der Waals surface area (Å²) in [7, 11) is 2.20. The molecule has 0 aromatic rings. The van der Waals surface area contributed by atoms with Crippen LogP contribution in [0.4, 0.5) is 0 Å². The maximum atomic E-state index is 12.1. The van der Waals surface area contributed by atoms with Crippen LogP contribution in [0.3, 0.4) is 0 Å². The van der Waals surface area contributed by atoms with Crippen LogP contribution in [0.25, 0.3) is 0 Å². The minimum Gasteiger partial charge on any atom is -0.355 e. The van der Waals surface area contributed by atoms with Gasteiger partial charge in [0.2, 0.25) is 5.91 Å². The van der Waals surface area contributed by atoms with Crippen LogP contribution in [0.15, 0.2) is 0 Å². The van der Waals surface area contributed by atoms with Crippen LogP contribution >= 0.6 is 0 Å². The van der Waals surface area contributed by atoms with Crippen LogP contribution in [0.2, 0.25) is 0 Å². The zero-order chi connectivity index (χ0) is 13.9.